The number of aliphatic hydroxyl groups excluding tert-OH is 2. The lowest BCUT2D eigenvalue weighted by atomic mass is 10.1. The van der Waals surface area contributed by atoms with Crippen LogP contribution in [0.2, 0.25) is 0 Å². The highest BCUT2D eigenvalue weighted by atomic mass is 16.3. The Morgan fingerprint density at radius 1 is 1.20 bits per heavy atom. The Morgan fingerprint density at radius 2 is 2.00 bits per heavy atom. The van der Waals surface area contributed by atoms with Crippen LogP contribution >= 0.6 is 0 Å². The Morgan fingerprint density at radius 3 is 2.67 bits per heavy atom. The van der Waals surface area contributed by atoms with Crippen LogP contribution in [0.1, 0.15) is 12.0 Å². The quantitative estimate of drug-likeness (QED) is 0.409. The standard InChI is InChI=1S/C11H18N2O2/c12-10-3-2-9(4-7-15)8-11(10)13-5-1-6-14/h2-3,8,13-15H,1,4-7,12H2. The van der Waals surface area contributed by atoms with E-state index in [0.717, 1.165) is 11.3 Å². The van der Waals surface area contributed by atoms with E-state index in [1.54, 1.807) is 0 Å². The zero-order valence-corrected chi connectivity index (χ0v) is 8.74. The first-order valence-corrected chi connectivity index (χ1v) is 5.12. The molecule has 4 nitrogen and oxygen atoms in total. The van der Waals surface area contributed by atoms with Crippen LogP contribution < -0.4 is 11.1 Å². The van der Waals surface area contributed by atoms with E-state index in [2.05, 4.69) is 5.32 Å². The second-order valence-electron chi connectivity index (χ2n) is 3.40. The highest BCUT2D eigenvalue weighted by molar-refractivity contribution is 5.67. The van der Waals surface area contributed by atoms with Crippen LogP contribution in [0.5, 0.6) is 0 Å². The minimum absolute atomic E-state index is 0.139. The van der Waals surface area contributed by atoms with E-state index in [0.29, 0.717) is 25.1 Å². The van der Waals surface area contributed by atoms with Gasteiger partial charge in [0.15, 0.2) is 0 Å². The summed E-state index contributed by atoms with van der Waals surface area (Å²) >= 11 is 0. The summed E-state index contributed by atoms with van der Waals surface area (Å²) in [6.07, 6.45) is 1.33. The fraction of sp³-hybridized carbons (Fsp3) is 0.455. The first kappa shape index (κ1) is 11.8. The lowest BCUT2D eigenvalue weighted by Gasteiger charge is -2.10. The molecule has 0 spiro atoms. The lowest BCUT2D eigenvalue weighted by molar-refractivity contribution is 0.292. The van der Waals surface area contributed by atoms with Crippen molar-refractivity contribution in [3.05, 3.63) is 23.8 Å². The van der Waals surface area contributed by atoms with Crippen molar-refractivity contribution in [2.75, 3.05) is 30.8 Å². The van der Waals surface area contributed by atoms with Gasteiger partial charge >= 0.3 is 0 Å². The number of hydrogen-bond donors (Lipinski definition) is 4. The van der Waals surface area contributed by atoms with Gasteiger partial charge in [0.1, 0.15) is 0 Å². The number of rotatable bonds is 6. The van der Waals surface area contributed by atoms with Gasteiger partial charge in [-0.15, -0.1) is 0 Å². The zero-order chi connectivity index (χ0) is 11.1. The molecule has 0 aromatic heterocycles. The lowest BCUT2D eigenvalue weighted by Crippen LogP contribution is -2.06. The molecule has 0 fully saturated rings. The van der Waals surface area contributed by atoms with E-state index in [-0.39, 0.29) is 13.2 Å². The van der Waals surface area contributed by atoms with Crippen molar-refractivity contribution in [2.45, 2.75) is 12.8 Å². The molecule has 0 saturated carbocycles. The minimum atomic E-state index is 0.139. The maximum absolute atomic E-state index is 8.81. The van der Waals surface area contributed by atoms with E-state index >= 15 is 0 Å². The van der Waals surface area contributed by atoms with Crippen molar-refractivity contribution in [1.29, 1.82) is 0 Å². The van der Waals surface area contributed by atoms with Crippen LogP contribution in [0, 0.1) is 0 Å². The molecular weight excluding hydrogens is 192 g/mol. The van der Waals surface area contributed by atoms with Crippen molar-refractivity contribution in [3.8, 4) is 0 Å². The maximum Gasteiger partial charge on any atom is 0.0576 e. The minimum Gasteiger partial charge on any atom is -0.397 e. The van der Waals surface area contributed by atoms with Crippen LogP contribution in [0.25, 0.3) is 0 Å². The van der Waals surface area contributed by atoms with Crippen LogP contribution in [-0.2, 0) is 6.42 Å². The SMILES string of the molecule is Nc1ccc(CCO)cc1NCCCO. The van der Waals surface area contributed by atoms with Gasteiger partial charge in [-0.3, -0.25) is 0 Å². The molecule has 1 rings (SSSR count). The molecule has 0 aliphatic heterocycles. The van der Waals surface area contributed by atoms with Crippen molar-refractivity contribution in [2.24, 2.45) is 0 Å². The number of nitrogens with two attached hydrogens (primary N) is 1. The average Bonchev–Trinajstić information content (AvgIpc) is 2.23. The third-order valence-corrected chi connectivity index (χ3v) is 2.17. The molecule has 0 saturated heterocycles. The van der Waals surface area contributed by atoms with Crippen molar-refractivity contribution < 1.29 is 10.2 Å². The zero-order valence-electron chi connectivity index (χ0n) is 8.74. The van der Waals surface area contributed by atoms with E-state index in [4.69, 9.17) is 15.9 Å². The predicted molar refractivity (Wildman–Crippen MR) is 61.8 cm³/mol. The summed E-state index contributed by atoms with van der Waals surface area (Å²) in [6, 6.07) is 5.66. The summed E-state index contributed by atoms with van der Waals surface area (Å²) in [4.78, 5) is 0. The Kier molecular flexibility index (Phi) is 4.93. The van der Waals surface area contributed by atoms with E-state index in [1.165, 1.54) is 0 Å². The fourth-order valence-electron chi connectivity index (χ4n) is 1.34. The van der Waals surface area contributed by atoms with Gasteiger partial charge in [-0.25, -0.2) is 0 Å². The summed E-state index contributed by atoms with van der Waals surface area (Å²) in [5.74, 6) is 0. The molecule has 15 heavy (non-hydrogen) atoms. The second kappa shape index (κ2) is 6.27. The smallest absolute Gasteiger partial charge is 0.0576 e. The van der Waals surface area contributed by atoms with Crippen LogP contribution in [0.3, 0.4) is 0 Å². The summed E-state index contributed by atoms with van der Waals surface area (Å²) in [5.41, 5.74) is 8.39. The van der Waals surface area contributed by atoms with Gasteiger partial charge in [0.2, 0.25) is 0 Å². The number of nitrogen functional groups attached to an aromatic ring is 1. The van der Waals surface area contributed by atoms with Crippen molar-refractivity contribution in [1.82, 2.24) is 0 Å². The maximum atomic E-state index is 8.81. The largest absolute Gasteiger partial charge is 0.397 e. The molecule has 0 aliphatic rings. The first-order chi connectivity index (χ1) is 7.27. The predicted octanol–water partition coefficient (Wildman–Crippen LogP) is 0.598. The topological polar surface area (TPSA) is 78.5 Å². The molecule has 0 radical (unpaired) electrons. The molecule has 0 bridgehead atoms. The molecule has 1 aromatic carbocycles. The second-order valence-corrected chi connectivity index (χ2v) is 3.40. The average molecular weight is 210 g/mol. The molecule has 0 atom stereocenters. The Hall–Kier alpha value is -1.26. The molecule has 4 heteroatoms. The Balaban J connectivity index is 2.63. The highest BCUT2D eigenvalue weighted by Gasteiger charge is 2.00. The third kappa shape index (κ3) is 3.77. The molecule has 0 unspecified atom stereocenters. The Bertz CT molecular complexity index is 303. The normalized spacial score (nSPS) is 10.3. The number of benzene rings is 1. The van der Waals surface area contributed by atoms with Crippen molar-refractivity contribution in [3.63, 3.8) is 0 Å². The van der Waals surface area contributed by atoms with Crippen LogP contribution in [0.4, 0.5) is 11.4 Å². The molecular formula is C11H18N2O2. The molecule has 0 aliphatic carbocycles. The molecule has 84 valence electrons. The van der Waals surface area contributed by atoms with Crippen molar-refractivity contribution >= 4 is 11.4 Å². The molecule has 1 aromatic rings. The van der Waals surface area contributed by atoms with Gasteiger partial charge in [-0.2, -0.15) is 0 Å². The first-order valence-electron chi connectivity index (χ1n) is 5.12. The number of nitrogens with one attached hydrogen (secondary N) is 1. The summed E-state index contributed by atoms with van der Waals surface area (Å²) < 4.78 is 0. The monoisotopic (exact) mass is 210 g/mol. The van der Waals surface area contributed by atoms with Gasteiger partial charge in [0.25, 0.3) is 0 Å². The van der Waals surface area contributed by atoms with Gasteiger partial charge in [-0.1, -0.05) is 6.07 Å². The third-order valence-electron chi connectivity index (χ3n) is 2.17. The number of hydrogen-bond acceptors (Lipinski definition) is 4. The van der Waals surface area contributed by atoms with Gasteiger partial charge < -0.3 is 21.3 Å². The van der Waals surface area contributed by atoms with E-state index < -0.39 is 0 Å². The van der Waals surface area contributed by atoms with E-state index in [9.17, 15) is 0 Å². The van der Waals surface area contributed by atoms with E-state index in [1.807, 2.05) is 18.2 Å². The molecule has 5 N–H and O–H groups in total. The number of aliphatic hydroxyl groups is 2. The fourth-order valence-corrected chi connectivity index (χ4v) is 1.34. The molecule has 0 heterocycles. The summed E-state index contributed by atoms with van der Waals surface area (Å²) in [7, 11) is 0. The number of anilines is 2. The summed E-state index contributed by atoms with van der Waals surface area (Å²) in [6.45, 7) is 1.01. The summed E-state index contributed by atoms with van der Waals surface area (Å²) in [5, 5.41) is 20.6. The molecule has 0 amide bonds. The van der Waals surface area contributed by atoms with Gasteiger partial charge in [-0.05, 0) is 30.5 Å². The van der Waals surface area contributed by atoms with Gasteiger partial charge in [0.05, 0.1) is 11.4 Å². The van der Waals surface area contributed by atoms with Gasteiger partial charge in [0, 0.05) is 19.8 Å². The van der Waals surface area contributed by atoms with Crippen LogP contribution in [0.15, 0.2) is 18.2 Å². The van der Waals surface area contributed by atoms with Crippen LogP contribution in [-0.4, -0.2) is 30.0 Å². The Labute approximate surface area is 89.7 Å². The highest BCUT2D eigenvalue weighted by Crippen LogP contribution is 2.20.